The van der Waals surface area contributed by atoms with Crippen LogP contribution in [-0.4, -0.2) is 24.5 Å². The minimum atomic E-state index is -3.30. The maximum absolute atomic E-state index is 12.6. The molecule has 0 unspecified atom stereocenters. The first-order valence-electron chi connectivity index (χ1n) is 6.92. The van der Waals surface area contributed by atoms with Gasteiger partial charge in [-0.1, -0.05) is 13.8 Å². The molecule has 19 heavy (non-hydrogen) atoms. The van der Waals surface area contributed by atoms with E-state index in [-0.39, 0.29) is 5.78 Å². The molecule has 0 atom stereocenters. The maximum Gasteiger partial charge on any atom is 0.405 e. The molecule has 0 amide bonds. The largest absolute Gasteiger partial charge is 0.405 e. The minimum absolute atomic E-state index is 0.119. The Balaban J connectivity index is 4.59. The van der Waals surface area contributed by atoms with E-state index in [1.54, 1.807) is 6.92 Å². The lowest BCUT2D eigenvalue weighted by Gasteiger charge is -2.30. The smallest absolute Gasteiger partial charge is 0.300 e. The van der Waals surface area contributed by atoms with Crippen molar-refractivity contribution >= 4 is 13.5 Å². The molecule has 114 valence electrons. The molecular formula is C13H28NO4P. The Bertz CT molecular complexity index is 306. The van der Waals surface area contributed by atoms with Gasteiger partial charge in [-0.3, -0.25) is 9.05 Å². The SMILES string of the molecule is CCCOP(=O)(NC(C)(C)CCC(C)=O)OCCC. The molecule has 0 aliphatic heterocycles. The summed E-state index contributed by atoms with van der Waals surface area (Å²) in [6.07, 6.45) is 2.59. The first-order valence-corrected chi connectivity index (χ1v) is 8.47. The van der Waals surface area contributed by atoms with Crippen molar-refractivity contribution < 1.29 is 18.4 Å². The Morgan fingerprint density at radius 3 is 2.00 bits per heavy atom. The van der Waals surface area contributed by atoms with Crippen LogP contribution in [0.5, 0.6) is 0 Å². The van der Waals surface area contributed by atoms with E-state index in [0.717, 1.165) is 12.8 Å². The van der Waals surface area contributed by atoms with Crippen LogP contribution >= 0.6 is 7.75 Å². The average molecular weight is 293 g/mol. The fourth-order valence-corrected chi connectivity index (χ4v) is 3.34. The second-order valence-corrected chi connectivity index (χ2v) is 7.10. The van der Waals surface area contributed by atoms with Gasteiger partial charge in [0.05, 0.1) is 13.2 Å². The molecule has 0 aromatic heterocycles. The quantitative estimate of drug-likeness (QED) is 0.589. The maximum atomic E-state index is 12.6. The van der Waals surface area contributed by atoms with Gasteiger partial charge in [0.1, 0.15) is 5.78 Å². The highest BCUT2D eigenvalue weighted by Crippen LogP contribution is 2.46. The normalized spacial score (nSPS) is 12.7. The van der Waals surface area contributed by atoms with Gasteiger partial charge in [0.25, 0.3) is 0 Å². The van der Waals surface area contributed by atoms with Crippen molar-refractivity contribution in [3.05, 3.63) is 0 Å². The van der Waals surface area contributed by atoms with Crippen molar-refractivity contribution in [2.75, 3.05) is 13.2 Å². The van der Waals surface area contributed by atoms with E-state index in [0.29, 0.717) is 26.1 Å². The summed E-state index contributed by atoms with van der Waals surface area (Å²) in [5, 5.41) is 2.95. The molecule has 0 aromatic carbocycles. The van der Waals surface area contributed by atoms with Gasteiger partial charge in [0.2, 0.25) is 0 Å². The van der Waals surface area contributed by atoms with E-state index >= 15 is 0 Å². The summed E-state index contributed by atoms with van der Waals surface area (Å²) in [6, 6.07) is 0. The average Bonchev–Trinajstić information content (AvgIpc) is 2.31. The van der Waals surface area contributed by atoms with E-state index < -0.39 is 13.3 Å². The van der Waals surface area contributed by atoms with Crippen molar-refractivity contribution in [2.45, 2.75) is 65.8 Å². The molecule has 1 N–H and O–H groups in total. The highest BCUT2D eigenvalue weighted by Gasteiger charge is 2.32. The lowest BCUT2D eigenvalue weighted by molar-refractivity contribution is -0.117. The van der Waals surface area contributed by atoms with Gasteiger partial charge in [-0.2, -0.15) is 0 Å². The van der Waals surface area contributed by atoms with Crippen molar-refractivity contribution in [2.24, 2.45) is 0 Å². The van der Waals surface area contributed by atoms with E-state index in [4.69, 9.17) is 9.05 Å². The highest BCUT2D eigenvalue weighted by molar-refractivity contribution is 7.51. The third-order valence-corrected chi connectivity index (χ3v) is 4.40. The number of nitrogens with one attached hydrogen (secondary N) is 1. The first kappa shape index (κ1) is 18.8. The van der Waals surface area contributed by atoms with E-state index in [2.05, 4.69) is 5.09 Å². The molecule has 0 rings (SSSR count). The highest BCUT2D eigenvalue weighted by atomic mass is 31.2. The minimum Gasteiger partial charge on any atom is -0.300 e. The molecule has 0 aliphatic carbocycles. The van der Waals surface area contributed by atoms with Gasteiger partial charge in [0.15, 0.2) is 0 Å². The number of Topliss-reactive ketones (excluding diaryl/α,β-unsaturated/α-hetero) is 1. The molecule has 0 bridgehead atoms. The first-order chi connectivity index (χ1) is 8.74. The Morgan fingerprint density at radius 1 is 1.16 bits per heavy atom. The Labute approximate surface area is 117 Å². The van der Waals surface area contributed by atoms with Gasteiger partial charge < -0.3 is 4.79 Å². The van der Waals surface area contributed by atoms with Gasteiger partial charge in [0, 0.05) is 12.0 Å². The fraction of sp³-hybridized carbons (Fsp3) is 0.923. The zero-order valence-electron chi connectivity index (χ0n) is 12.8. The van der Waals surface area contributed by atoms with Crippen LogP contribution in [-0.2, 0) is 18.4 Å². The zero-order chi connectivity index (χ0) is 14.9. The van der Waals surface area contributed by atoms with Crippen molar-refractivity contribution in [3.8, 4) is 0 Å². The van der Waals surface area contributed by atoms with Crippen LogP contribution in [0, 0.1) is 0 Å². The van der Waals surface area contributed by atoms with Gasteiger partial charge >= 0.3 is 7.75 Å². The monoisotopic (exact) mass is 293 g/mol. The number of carbonyl (C=O) groups is 1. The standard InChI is InChI=1S/C13H28NO4P/c1-6-10-17-19(16,18-11-7-2)14-13(4,5)9-8-12(3)15/h6-11H2,1-5H3,(H,14,16). The van der Waals surface area contributed by atoms with Crippen LogP contribution in [0.4, 0.5) is 0 Å². The number of carbonyl (C=O) groups excluding carboxylic acids is 1. The fourth-order valence-electron chi connectivity index (χ4n) is 1.44. The van der Waals surface area contributed by atoms with Crippen LogP contribution in [0.2, 0.25) is 0 Å². The molecule has 0 aliphatic rings. The van der Waals surface area contributed by atoms with Crippen molar-refractivity contribution in [3.63, 3.8) is 0 Å². The summed E-state index contributed by atoms with van der Waals surface area (Å²) in [7, 11) is -3.30. The summed E-state index contributed by atoms with van der Waals surface area (Å²) in [5.41, 5.74) is -0.470. The van der Waals surface area contributed by atoms with E-state index in [1.807, 2.05) is 27.7 Å². The molecule has 0 spiro atoms. The molecule has 6 heteroatoms. The molecule has 0 radical (unpaired) electrons. The van der Waals surface area contributed by atoms with Crippen LogP contribution in [0.1, 0.15) is 60.3 Å². The molecule has 0 aromatic rings. The van der Waals surface area contributed by atoms with Crippen LogP contribution in [0.15, 0.2) is 0 Å². The Morgan fingerprint density at radius 2 is 1.63 bits per heavy atom. The number of hydrogen-bond donors (Lipinski definition) is 1. The Hall–Kier alpha value is -0.220. The lowest BCUT2D eigenvalue weighted by Crippen LogP contribution is -2.38. The van der Waals surface area contributed by atoms with Gasteiger partial charge in [-0.05, 0) is 40.0 Å². The molecule has 0 fully saturated rings. The van der Waals surface area contributed by atoms with E-state index in [1.165, 1.54) is 0 Å². The molecule has 5 nitrogen and oxygen atoms in total. The predicted octanol–water partition coefficient (Wildman–Crippen LogP) is 3.69. The second-order valence-electron chi connectivity index (χ2n) is 5.36. The number of rotatable bonds is 11. The summed E-state index contributed by atoms with van der Waals surface area (Å²) in [6.45, 7) is 10.0. The molecule has 0 saturated carbocycles. The van der Waals surface area contributed by atoms with Crippen molar-refractivity contribution in [1.29, 1.82) is 0 Å². The van der Waals surface area contributed by atoms with Crippen LogP contribution in [0.25, 0.3) is 0 Å². The number of ketones is 1. The third kappa shape index (κ3) is 9.33. The number of hydrogen-bond acceptors (Lipinski definition) is 4. The van der Waals surface area contributed by atoms with Crippen LogP contribution < -0.4 is 5.09 Å². The Kier molecular flexibility index (Phi) is 8.75. The third-order valence-electron chi connectivity index (χ3n) is 2.47. The molecule has 0 saturated heterocycles. The topological polar surface area (TPSA) is 64.6 Å². The predicted molar refractivity (Wildman–Crippen MR) is 77.2 cm³/mol. The van der Waals surface area contributed by atoms with Crippen molar-refractivity contribution in [1.82, 2.24) is 5.09 Å². The van der Waals surface area contributed by atoms with Crippen LogP contribution in [0.3, 0.4) is 0 Å². The lowest BCUT2D eigenvalue weighted by atomic mass is 9.99. The summed E-state index contributed by atoms with van der Waals surface area (Å²) >= 11 is 0. The van der Waals surface area contributed by atoms with Gasteiger partial charge in [-0.15, -0.1) is 0 Å². The molecule has 0 heterocycles. The second kappa shape index (κ2) is 8.85. The summed E-state index contributed by atoms with van der Waals surface area (Å²) in [5.74, 6) is 0.119. The van der Waals surface area contributed by atoms with E-state index in [9.17, 15) is 9.36 Å². The summed E-state index contributed by atoms with van der Waals surface area (Å²) in [4.78, 5) is 11.0. The zero-order valence-corrected chi connectivity index (χ0v) is 13.7. The molecular weight excluding hydrogens is 265 g/mol. The van der Waals surface area contributed by atoms with Gasteiger partial charge in [-0.25, -0.2) is 9.65 Å². The summed E-state index contributed by atoms with van der Waals surface area (Å²) < 4.78 is 23.3.